The number of rotatable bonds is 4. The minimum absolute atomic E-state index is 0.193. The standard InChI is InChI=1S/C8H11F2N3/c1-2-3-4-11-7-5-6(9)12-8(10)13-7/h5H,2-4H2,1H3,(H,11,12,13). The molecule has 0 aromatic carbocycles. The van der Waals surface area contributed by atoms with Crippen LogP contribution in [-0.2, 0) is 0 Å². The maximum Gasteiger partial charge on any atom is 0.313 e. The van der Waals surface area contributed by atoms with E-state index in [0.29, 0.717) is 6.54 Å². The van der Waals surface area contributed by atoms with Gasteiger partial charge >= 0.3 is 6.08 Å². The summed E-state index contributed by atoms with van der Waals surface area (Å²) >= 11 is 0. The average Bonchev–Trinajstić information content (AvgIpc) is 2.03. The zero-order valence-corrected chi connectivity index (χ0v) is 7.35. The van der Waals surface area contributed by atoms with E-state index in [4.69, 9.17) is 0 Å². The Balaban J connectivity index is 2.56. The van der Waals surface area contributed by atoms with Gasteiger partial charge in [0.1, 0.15) is 5.82 Å². The lowest BCUT2D eigenvalue weighted by Crippen LogP contribution is -2.05. The number of nitrogens with zero attached hydrogens (tertiary/aromatic N) is 2. The molecule has 1 aromatic rings. The van der Waals surface area contributed by atoms with Crippen LogP contribution in [0, 0.1) is 12.0 Å². The molecular formula is C8H11F2N3. The van der Waals surface area contributed by atoms with E-state index in [2.05, 4.69) is 15.3 Å². The first kappa shape index (κ1) is 9.83. The predicted molar refractivity (Wildman–Crippen MR) is 45.3 cm³/mol. The molecule has 0 radical (unpaired) electrons. The van der Waals surface area contributed by atoms with E-state index in [1.54, 1.807) is 0 Å². The van der Waals surface area contributed by atoms with Gasteiger partial charge in [0.05, 0.1) is 0 Å². The second-order valence-corrected chi connectivity index (χ2v) is 2.63. The van der Waals surface area contributed by atoms with Crippen LogP contribution in [0.15, 0.2) is 6.07 Å². The first-order chi connectivity index (χ1) is 6.22. The Bertz CT molecular complexity index is 258. The third-order valence-electron chi connectivity index (χ3n) is 1.50. The van der Waals surface area contributed by atoms with Gasteiger partial charge in [-0.1, -0.05) is 13.3 Å². The average molecular weight is 187 g/mol. The lowest BCUT2D eigenvalue weighted by Gasteiger charge is -2.03. The van der Waals surface area contributed by atoms with Crippen molar-refractivity contribution in [3.05, 3.63) is 18.1 Å². The van der Waals surface area contributed by atoms with Crippen molar-refractivity contribution in [3.8, 4) is 0 Å². The molecule has 1 rings (SSSR count). The highest BCUT2D eigenvalue weighted by atomic mass is 19.1. The molecule has 1 N–H and O–H groups in total. The number of hydrogen-bond acceptors (Lipinski definition) is 3. The highest BCUT2D eigenvalue weighted by molar-refractivity contribution is 5.31. The van der Waals surface area contributed by atoms with E-state index in [-0.39, 0.29) is 5.82 Å². The molecule has 0 aliphatic heterocycles. The Morgan fingerprint density at radius 3 is 2.77 bits per heavy atom. The minimum atomic E-state index is -1.04. The molecule has 72 valence electrons. The Kier molecular flexibility index (Phi) is 3.54. The fraction of sp³-hybridized carbons (Fsp3) is 0.500. The van der Waals surface area contributed by atoms with Crippen molar-refractivity contribution in [1.29, 1.82) is 0 Å². The molecule has 0 atom stereocenters. The summed E-state index contributed by atoms with van der Waals surface area (Å²) in [6.45, 7) is 2.69. The van der Waals surface area contributed by atoms with Crippen LogP contribution >= 0.6 is 0 Å². The molecule has 0 aliphatic carbocycles. The predicted octanol–water partition coefficient (Wildman–Crippen LogP) is 1.97. The summed E-state index contributed by atoms with van der Waals surface area (Å²) in [4.78, 5) is 6.25. The number of halogens is 2. The minimum Gasteiger partial charge on any atom is -0.370 e. The SMILES string of the molecule is CCCCNc1cc(F)nc(F)n1. The molecule has 0 aliphatic rings. The summed E-state index contributed by atoms with van der Waals surface area (Å²) < 4.78 is 24.9. The van der Waals surface area contributed by atoms with E-state index in [1.165, 1.54) is 0 Å². The molecule has 1 aromatic heterocycles. The Hall–Kier alpha value is -1.26. The van der Waals surface area contributed by atoms with Gasteiger partial charge in [-0.3, -0.25) is 0 Å². The number of anilines is 1. The van der Waals surface area contributed by atoms with Crippen molar-refractivity contribution in [2.45, 2.75) is 19.8 Å². The first-order valence-corrected chi connectivity index (χ1v) is 4.16. The quantitative estimate of drug-likeness (QED) is 0.445. The Labute approximate surface area is 75.2 Å². The largest absolute Gasteiger partial charge is 0.370 e. The molecule has 0 saturated heterocycles. The summed E-state index contributed by atoms with van der Waals surface area (Å²) in [7, 11) is 0. The molecule has 1 heterocycles. The van der Waals surface area contributed by atoms with Gasteiger partial charge in [-0.2, -0.15) is 18.7 Å². The van der Waals surface area contributed by atoms with Crippen LogP contribution in [0.1, 0.15) is 19.8 Å². The molecule has 0 saturated carbocycles. The number of nitrogens with one attached hydrogen (secondary N) is 1. The van der Waals surface area contributed by atoms with E-state index >= 15 is 0 Å². The van der Waals surface area contributed by atoms with Crippen molar-refractivity contribution in [3.63, 3.8) is 0 Å². The van der Waals surface area contributed by atoms with Gasteiger partial charge in [0.15, 0.2) is 0 Å². The maximum atomic E-state index is 12.5. The van der Waals surface area contributed by atoms with Gasteiger partial charge in [0.2, 0.25) is 5.95 Å². The smallest absolute Gasteiger partial charge is 0.313 e. The van der Waals surface area contributed by atoms with E-state index in [1.807, 2.05) is 6.92 Å². The second-order valence-electron chi connectivity index (χ2n) is 2.63. The summed E-state index contributed by atoms with van der Waals surface area (Å²) in [5.41, 5.74) is 0. The topological polar surface area (TPSA) is 37.8 Å². The molecule has 0 fully saturated rings. The van der Waals surface area contributed by atoms with Gasteiger partial charge < -0.3 is 5.32 Å². The van der Waals surface area contributed by atoms with Gasteiger partial charge in [-0.15, -0.1) is 0 Å². The second kappa shape index (κ2) is 4.69. The van der Waals surface area contributed by atoms with E-state index in [9.17, 15) is 8.78 Å². The number of hydrogen-bond donors (Lipinski definition) is 1. The van der Waals surface area contributed by atoms with E-state index < -0.39 is 12.0 Å². The lowest BCUT2D eigenvalue weighted by molar-refractivity contribution is 0.484. The van der Waals surface area contributed by atoms with Crippen molar-refractivity contribution in [2.75, 3.05) is 11.9 Å². The zero-order valence-electron chi connectivity index (χ0n) is 7.35. The van der Waals surface area contributed by atoms with Crippen molar-refractivity contribution >= 4 is 5.82 Å². The molecule has 0 bridgehead atoms. The van der Waals surface area contributed by atoms with Crippen LogP contribution in [0.3, 0.4) is 0 Å². The third-order valence-corrected chi connectivity index (χ3v) is 1.50. The number of unbranched alkanes of at least 4 members (excludes halogenated alkanes) is 1. The van der Waals surface area contributed by atoms with Gasteiger partial charge in [-0.05, 0) is 6.42 Å². The maximum absolute atomic E-state index is 12.5. The zero-order chi connectivity index (χ0) is 9.68. The summed E-state index contributed by atoms with van der Waals surface area (Å²) in [5, 5.41) is 2.80. The highest BCUT2D eigenvalue weighted by Crippen LogP contribution is 2.04. The fourth-order valence-corrected chi connectivity index (χ4v) is 0.874. The van der Waals surface area contributed by atoms with Crippen LogP contribution in [0.2, 0.25) is 0 Å². The van der Waals surface area contributed by atoms with Gasteiger partial charge in [-0.25, -0.2) is 0 Å². The van der Waals surface area contributed by atoms with Gasteiger partial charge in [0.25, 0.3) is 0 Å². The van der Waals surface area contributed by atoms with Crippen LogP contribution < -0.4 is 5.32 Å². The van der Waals surface area contributed by atoms with Gasteiger partial charge in [0, 0.05) is 12.6 Å². The van der Waals surface area contributed by atoms with Crippen LogP contribution in [0.5, 0.6) is 0 Å². The van der Waals surface area contributed by atoms with Crippen LogP contribution in [-0.4, -0.2) is 16.5 Å². The molecule has 13 heavy (non-hydrogen) atoms. The van der Waals surface area contributed by atoms with Crippen LogP contribution in [0.4, 0.5) is 14.6 Å². The summed E-state index contributed by atoms with van der Waals surface area (Å²) in [6.07, 6.45) is 0.912. The van der Waals surface area contributed by atoms with Crippen LogP contribution in [0.25, 0.3) is 0 Å². The molecule has 3 nitrogen and oxygen atoms in total. The monoisotopic (exact) mass is 187 g/mol. The van der Waals surface area contributed by atoms with E-state index in [0.717, 1.165) is 18.9 Å². The molecule has 0 amide bonds. The fourth-order valence-electron chi connectivity index (χ4n) is 0.874. The Morgan fingerprint density at radius 1 is 1.38 bits per heavy atom. The molecular weight excluding hydrogens is 176 g/mol. The normalized spacial score (nSPS) is 10.1. The Morgan fingerprint density at radius 2 is 2.15 bits per heavy atom. The van der Waals surface area contributed by atoms with Crippen molar-refractivity contribution in [2.24, 2.45) is 0 Å². The third kappa shape index (κ3) is 3.31. The lowest BCUT2D eigenvalue weighted by atomic mass is 10.3. The first-order valence-electron chi connectivity index (χ1n) is 4.16. The summed E-state index contributed by atoms with van der Waals surface area (Å²) in [5.74, 6) is -0.662. The molecule has 0 unspecified atom stereocenters. The molecule has 5 heteroatoms. The highest BCUT2D eigenvalue weighted by Gasteiger charge is 2.01. The molecule has 0 spiro atoms. The summed E-state index contributed by atoms with van der Waals surface area (Å²) in [6, 6.07) is 1.07. The van der Waals surface area contributed by atoms with Crippen molar-refractivity contribution in [1.82, 2.24) is 9.97 Å². The number of aromatic nitrogens is 2. The van der Waals surface area contributed by atoms with Crippen molar-refractivity contribution < 1.29 is 8.78 Å².